The van der Waals surface area contributed by atoms with E-state index in [-0.39, 0.29) is 6.04 Å². The Morgan fingerprint density at radius 1 is 1.50 bits per heavy atom. The highest BCUT2D eigenvalue weighted by molar-refractivity contribution is 14.1. The van der Waals surface area contributed by atoms with E-state index in [1.165, 1.54) is 33.1 Å². The molecule has 1 aliphatic rings. The van der Waals surface area contributed by atoms with Gasteiger partial charge in [0.1, 0.15) is 0 Å². The predicted molar refractivity (Wildman–Crippen MR) is 68.4 cm³/mol. The van der Waals surface area contributed by atoms with Crippen molar-refractivity contribution >= 4 is 22.6 Å². The number of halogens is 1. The van der Waals surface area contributed by atoms with E-state index >= 15 is 0 Å². The van der Waals surface area contributed by atoms with Crippen LogP contribution in [-0.4, -0.2) is 0 Å². The molecule has 0 aliphatic heterocycles. The van der Waals surface area contributed by atoms with Gasteiger partial charge in [0.25, 0.3) is 0 Å². The van der Waals surface area contributed by atoms with Crippen molar-refractivity contribution in [3.8, 4) is 0 Å². The maximum Gasteiger partial charge on any atom is 0.0297 e. The van der Waals surface area contributed by atoms with Crippen LogP contribution in [0.4, 0.5) is 0 Å². The van der Waals surface area contributed by atoms with Gasteiger partial charge in [-0.1, -0.05) is 13.0 Å². The number of fused-ring (bicyclic) bond motifs is 1. The lowest BCUT2D eigenvalue weighted by Crippen LogP contribution is -2.19. The number of nitrogens with two attached hydrogens (primary N) is 1. The smallest absolute Gasteiger partial charge is 0.0297 e. The Hall–Kier alpha value is -0.0900. The Kier molecular flexibility index (Phi) is 3.12. The van der Waals surface area contributed by atoms with Crippen LogP contribution >= 0.6 is 22.6 Å². The Bertz CT molecular complexity index is 346. The molecule has 0 saturated heterocycles. The van der Waals surface area contributed by atoms with Gasteiger partial charge in [-0.15, -0.1) is 0 Å². The molecule has 2 N–H and O–H groups in total. The third-order valence-corrected chi connectivity index (χ3v) is 4.12. The second kappa shape index (κ2) is 4.19. The van der Waals surface area contributed by atoms with Gasteiger partial charge in [-0.25, -0.2) is 0 Å². The van der Waals surface area contributed by atoms with E-state index in [4.69, 9.17) is 5.73 Å². The molecule has 2 rings (SSSR count). The highest BCUT2D eigenvalue weighted by atomic mass is 127. The molecule has 0 radical (unpaired) electrons. The van der Waals surface area contributed by atoms with Crippen LogP contribution in [0.1, 0.15) is 42.5 Å². The highest BCUT2D eigenvalue weighted by Crippen LogP contribution is 2.32. The third kappa shape index (κ3) is 1.70. The lowest BCUT2D eigenvalue weighted by atomic mass is 9.85. The van der Waals surface area contributed by atoms with Crippen LogP contribution in [-0.2, 0) is 12.8 Å². The highest BCUT2D eigenvalue weighted by Gasteiger charge is 2.19. The standard InChI is InChI=1S/C12H16IN/c1-2-8-9-4-3-5-12(14)10(9)6-7-11(8)13/h6-7,12H,2-5,14H2,1H3/t12-/m0/s1. The first-order chi connectivity index (χ1) is 6.74. The number of benzene rings is 1. The first kappa shape index (κ1) is 10.4. The zero-order chi connectivity index (χ0) is 10.1. The molecular weight excluding hydrogens is 285 g/mol. The Labute approximate surface area is 99.2 Å². The zero-order valence-corrected chi connectivity index (χ0v) is 10.7. The largest absolute Gasteiger partial charge is 0.324 e. The van der Waals surface area contributed by atoms with Gasteiger partial charge in [0.2, 0.25) is 0 Å². The molecule has 0 heterocycles. The van der Waals surface area contributed by atoms with Crippen LogP contribution in [0, 0.1) is 3.57 Å². The van der Waals surface area contributed by atoms with Gasteiger partial charge in [0.05, 0.1) is 0 Å². The summed E-state index contributed by atoms with van der Waals surface area (Å²) in [5.74, 6) is 0. The number of hydrogen-bond acceptors (Lipinski definition) is 1. The van der Waals surface area contributed by atoms with Crippen LogP contribution in [0.2, 0.25) is 0 Å². The molecule has 1 aromatic rings. The molecule has 0 fully saturated rings. The predicted octanol–water partition coefficient (Wildman–Crippen LogP) is 3.19. The molecular formula is C12H16IN. The maximum atomic E-state index is 6.12. The van der Waals surface area contributed by atoms with E-state index in [1.54, 1.807) is 0 Å². The molecule has 2 heteroatoms. The second-order valence-corrected chi connectivity index (χ2v) is 5.11. The van der Waals surface area contributed by atoms with E-state index in [9.17, 15) is 0 Å². The normalized spacial score (nSPS) is 20.6. The molecule has 1 nitrogen and oxygen atoms in total. The summed E-state index contributed by atoms with van der Waals surface area (Å²) in [5, 5.41) is 0. The van der Waals surface area contributed by atoms with E-state index < -0.39 is 0 Å². The lowest BCUT2D eigenvalue weighted by molar-refractivity contribution is 0.567. The monoisotopic (exact) mass is 301 g/mol. The molecule has 0 spiro atoms. The summed E-state index contributed by atoms with van der Waals surface area (Å²) in [5.41, 5.74) is 10.6. The fourth-order valence-electron chi connectivity index (χ4n) is 2.36. The van der Waals surface area contributed by atoms with Crippen LogP contribution in [0.3, 0.4) is 0 Å². The molecule has 14 heavy (non-hydrogen) atoms. The first-order valence-electron chi connectivity index (χ1n) is 5.29. The second-order valence-electron chi connectivity index (χ2n) is 3.95. The van der Waals surface area contributed by atoms with E-state index in [0.717, 1.165) is 12.8 Å². The van der Waals surface area contributed by atoms with Gasteiger partial charge >= 0.3 is 0 Å². The van der Waals surface area contributed by atoms with Crippen molar-refractivity contribution in [2.45, 2.75) is 38.6 Å². The maximum absolute atomic E-state index is 6.12. The average molecular weight is 301 g/mol. The van der Waals surface area contributed by atoms with Gasteiger partial charge in [-0.05, 0) is 71.0 Å². The topological polar surface area (TPSA) is 26.0 Å². The van der Waals surface area contributed by atoms with Crippen LogP contribution in [0.15, 0.2) is 12.1 Å². The molecule has 0 aromatic heterocycles. The van der Waals surface area contributed by atoms with Crippen molar-refractivity contribution in [2.75, 3.05) is 0 Å². The molecule has 76 valence electrons. The zero-order valence-electron chi connectivity index (χ0n) is 8.52. The fourth-order valence-corrected chi connectivity index (χ4v) is 3.25. The van der Waals surface area contributed by atoms with Crippen molar-refractivity contribution in [1.29, 1.82) is 0 Å². The number of rotatable bonds is 1. The molecule has 1 aliphatic carbocycles. The van der Waals surface area contributed by atoms with Crippen molar-refractivity contribution in [1.82, 2.24) is 0 Å². The van der Waals surface area contributed by atoms with Crippen LogP contribution in [0.5, 0.6) is 0 Å². The van der Waals surface area contributed by atoms with E-state index in [0.29, 0.717) is 0 Å². The van der Waals surface area contributed by atoms with Gasteiger partial charge in [-0.3, -0.25) is 0 Å². The summed E-state index contributed by atoms with van der Waals surface area (Å²) in [6.07, 6.45) is 4.76. The molecule has 0 amide bonds. The fraction of sp³-hybridized carbons (Fsp3) is 0.500. The molecule has 1 atom stereocenters. The molecule has 0 unspecified atom stereocenters. The summed E-state index contributed by atoms with van der Waals surface area (Å²) in [7, 11) is 0. The summed E-state index contributed by atoms with van der Waals surface area (Å²) >= 11 is 2.43. The minimum atomic E-state index is 0.279. The molecule has 1 aromatic carbocycles. The van der Waals surface area contributed by atoms with Gasteiger partial charge < -0.3 is 5.73 Å². The Morgan fingerprint density at radius 2 is 2.29 bits per heavy atom. The van der Waals surface area contributed by atoms with Gasteiger partial charge in [-0.2, -0.15) is 0 Å². The van der Waals surface area contributed by atoms with Gasteiger partial charge in [0.15, 0.2) is 0 Å². The minimum absolute atomic E-state index is 0.279. The summed E-state index contributed by atoms with van der Waals surface area (Å²) in [4.78, 5) is 0. The Balaban J connectivity index is 2.55. The number of hydrogen-bond donors (Lipinski definition) is 1. The summed E-state index contributed by atoms with van der Waals surface area (Å²) in [6, 6.07) is 4.71. The summed E-state index contributed by atoms with van der Waals surface area (Å²) in [6.45, 7) is 2.23. The van der Waals surface area contributed by atoms with Gasteiger partial charge in [0, 0.05) is 9.61 Å². The SMILES string of the molecule is CCc1c(I)ccc2c1CCC[C@@H]2N. The van der Waals surface area contributed by atoms with E-state index in [1.807, 2.05) is 0 Å². The van der Waals surface area contributed by atoms with Crippen molar-refractivity contribution in [3.05, 3.63) is 32.4 Å². The van der Waals surface area contributed by atoms with Crippen molar-refractivity contribution < 1.29 is 0 Å². The molecule has 0 saturated carbocycles. The van der Waals surface area contributed by atoms with Crippen LogP contribution in [0.25, 0.3) is 0 Å². The first-order valence-corrected chi connectivity index (χ1v) is 6.37. The third-order valence-electron chi connectivity index (χ3n) is 3.11. The Morgan fingerprint density at radius 3 is 3.00 bits per heavy atom. The molecule has 0 bridgehead atoms. The van der Waals surface area contributed by atoms with E-state index in [2.05, 4.69) is 41.6 Å². The van der Waals surface area contributed by atoms with Crippen LogP contribution < -0.4 is 5.73 Å². The summed E-state index contributed by atoms with van der Waals surface area (Å²) < 4.78 is 1.40. The quantitative estimate of drug-likeness (QED) is 0.792. The van der Waals surface area contributed by atoms with Crippen molar-refractivity contribution in [3.63, 3.8) is 0 Å². The minimum Gasteiger partial charge on any atom is -0.324 e. The van der Waals surface area contributed by atoms with Crippen molar-refractivity contribution in [2.24, 2.45) is 5.73 Å². The lowest BCUT2D eigenvalue weighted by Gasteiger charge is -2.25. The average Bonchev–Trinajstić information content (AvgIpc) is 2.18.